The molecule has 1 rings (SSSR count). The molecule has 0 aliphatic carbocycles. The molecule has 0 bridgehead atoms. The largest absolute Gasteiger partial charge is 0.491 e. The third-order valence-electron chi connectivity index (χ3n) is 2.75. The molecular formula is C12H18BrNO5S2. The van der Waals surface area contributed by atoms with Crippen molar-refractivity contribution < 1.29 is 21.6 Å². The molecule has 0 aromatic heterocycles. The smallest absolute Gasteiger partial charge is 0.241 e. The van der Waals surface area contributed by atoms with E-state index in [1.807, 2.05) is 0 Å². The lowest BCUT2D eigenvalue weighted by atomic mass is 10.3. The van der Waals surface area contributed by atoms with Crippen LogP contribution in [0.4, 0.5) is 0 Å². The van der Waals surface area contributed by atoms with E-state index >= 15 is 0 Å². The van der Waals surface area contributed by atoms with E-state index in [9.17, 15) is 16.8 Å². The molecule has 0 amide bonds. The normalized spacial score (nSPS) is 13.2. The maximum atomic E-state index is 11.9. The summed E-state index contributed by atoms with van der Waals surface area (Å²) < 4.78 is 51.8. The standard InChI is InChI=1S/C12H18BrNO5S2/c1-12(2,3)20(15,16)7-6-19-10-5-4-9(13)8-11(10)21(14,17)18/h4-5,8H,6-7H2,1-3H3,(H2,14,17,18). The zero-order valence-electron chi connectivity index (χ0n) is 12.0. The summed E-state index contributed by atoms with van der Waals surface area (Å²) in [6, 6.07) is 4.32. The Labute approximate surface area is 133 Å². The van der Waals surface area contributed by atoms with Gasteiger partial charge in [0.15, 0.2) is 9.84 Å². The van der Waals surface area contributed by atoms with Gasteiger partial charge in [0.25, 0.3) is 0 Å². The van der Waals surface area contributed by atoms with Gasteiger partial charge in [-0.05, 0) is 39.0 Å². The predicted molar refractivity (Wildman–Crippen MR) is 84.6 cm³/mol. The van der Waals surface area contributed by atoms with Crippen molar-refractivity contribution in [3.63, 3.8) is 0 Å². The summed E-state index contributed by atoms with van der Waals surface area (Å²) in [5, 5.41) is 5.11. The van der Waals surface area contributed by atoms with Gasteiger partial charge in [-0.2, -0.15) is 0 Å². The number of nitrogens with two attached hydrogens (primary N) is 1. The Kier molecular flexibility index (Phi) is 5.46. The molecule has 1 aromatic rings. The number of sulfone groups is 1. The minimum atomic E-state index is -3.95. The molecule has 9 heteroatoms. The zero-order valence-corrected chi connectivity index (χ0v) is 15.2. The monoisotopic (exact) mass is 399 g/mol. The summed E-state index contributed by atoms with van der Waals surface area (Å²) in [6.07, 6.45) is 0. The summed E-state index contributed by atoms with van der Waals surface area (Å²) in [4.78, 5) is -0.190. The first-order chi connectivity index (χ1) is 9.34. The molecule has 1 aromatic carbocycles. The molecule has 0 fully saturated rings. The highest BCUT2D eigenvalue weighted by molar-refractivity contribution is 9.10. The number of primary sulfonamides is 1. The van der Waals surface area contributed by atoms with Gasteiger partial charge in [-0.1, -0.05) is 15.9 Å². The minimum absolute atomic E-state index is 0.0322. The molecular weight excluding hydrogens is 382 g/mol. The van der Waals surface area contributed by atoms with Gasteiger partial charge in [-0.15, -0.1) is 0 Å². The fourth-order valence-electron chi connectivity index (χ4n) is 1.39. The molecule has 0 atom stereocenters. The molecule has 21 heavy (non-hydrogen) atoms. The first kappa shape index (κ1) is 18.4. The quantitative estimate of drug-likeness (QED) is 0.810. The minimum Gasteiger partial charge on any atom is -0.491 e. The molecule has 0 saturated carbocycles. The van der Waals surface area contributed by atoms with Gasteiger partial charge in [0.1, 0.15) is 17.3 Å². The number of hydrogen-bond acceptors (Lipinski definition) is 5. The van der Waals surface area contributed by atoms with Crippen LogP contribution in [-0.2, 0) is 19.9 Å². The Bertz CT molecular complexity index is 721. The van der Waals surface area contributed by atoms with Gasteiger partial charge in [0.2, 0.25) is 10.0 Å². The van der Waals surface area contributed by atoms with Crippen LogP contribution in [0.15, 0.2) is 27.6 Å². The topological polar surface area (TPSA) is 104 Å². The van der Waals surface area contributed by atoms with Crippen LogP contribution in [0.5, 0.6) is 5.75 Å². The average Bonchev–Trinajstić information content (AvgIpc) is 2.28. The van der Waals surface area contributed by atoms with Crippen LogP contribution in [0, 0.1) is 0 Å². The molecule has 0 spiro atoms. The Balaban J connectivity index is 2.92. The van der Waals surface area contributed by atoms with Gasteiger partial charge in [-0.3, -0.25) is 0 Å². The maximum Gasteiger partial charge on any atom is 0.241 e. The van der Waals surface area contributed by atoms with Crippen LogP contribution < -0.4 is 9.88 Å². The highest BCUT2D eigenvalue weighted by Crippen LogP contribution is 2.27. The Morgan fingerprint density at radius 2 is 1.76 bits per heavy atom. The summed E-state index contributed by atoms with van der Waals surface area (Å²) in [5.41, 5.74) is 0. The van der Waals surface area contributed by atoms with E-state index in [1.165, 1.54) is 12.1 Å². The Morgan fingerprint density at radius 1 is 1.19 bits per heavy atom. The highest BCUT2D eigenvalue weighted by Gasteiger charge is 2.28. The number of benzene rings is 1. The first-order valence-electron chi connectivity index (χ1n) is 6.02. The molecule has 0 radical (unpaired) electrons. The first-order valence-corrected chi connectivity index (χ1v) is 10.0. The van der Waals surface area contributed by atoms with Crippen molar-refractivity contribution in [3.05, 3.63) is 22.7 Å². The maximum absolute atomic E-state index is 11.9. The average molecular weight is 400 g/mol. The SMILES string of the molecule is CC(C)(C)S(=O)(=O)CCOc1ccc(Br)cc1S(N)(=O)=O. The van der Waals surface area contributed by atoms with Crippen molar-refractivity contribution >= 4 is 35.8 Å². The fourth-order valence-corrected chi connectivity index (χ4v) is 3.52. The van der Waals surface area contributed by atoms with Gasteiger partial charge in [0, 0.05) is 4.47 Å². The van der Waals surface area contributed by atoms with Gasteiger partial charge in [0.05, 0.1) is 10.5 Å². The van der Waals surface area contributed by atoms with E-state index < -0.39 is 24.6 Å². The van der Waals surface area contributed by atoms with Gasteiger partial charge in [-0.25, -0.2) is 22.0 Å². The van der Waals surface area contributed by atoms with E-state index in [0.717, 1.165) is 0 Å². The van der Waals surface area contributed by atoms with Crippen LogP contribution in [0.25, 0.3) is 0 Å². The van der Waals surface area contributed by atoms with Crippen LogP contribution >= 0.6 is 15.9 Å². The van der Waals surface area contributed by atoms with Crippen molar-refractivity contribution in [2.24, 2.45) is 5.14 Å². The summed E-state index contributed by atoms with van der Waals surface area (Å²) >= 11 is 3.14. The van der Waals surface area contributed by atoms with Crippen molar-refractivity contribution in [2.75, 3.05) is 12.4 Å². The van der Waals surface area contributed by atoms with E-state index in [1.54, 1.807) is 26.8 Å². The number of hydrogen-bond donors (Lipinski definition) is 1. The van der Waals surface area contributed by atoms with Crippen molar-refractivity contribution in [3.8, 4) is 5.75 Å². The zero-order chi connectivity index (χ0) is 16.5. The van der Waals surface area contributed by atoms with Crippen LogP contribution in [0.1, 0.15) is 20.8 Å². The van der Waals surface area contributed by atoms with Crippen LogP contribution in [0.3, 0.4) is 0 Å². The second-order valence-corrected chi connectivity index (χ2v) is 10.7. The van der Waals surface area contributed by atoms with E-state index in [2.05, 4.69) is 15.9 Å². The number of ether oxygens (including phenoxy) is 1. The molecule has 0 aliphatic heterocycles. The summed E-state index contributed by atoms with van der Waals surface area (Å²) in [5.74, 6) is -0.179. The van der Waals surface area contributed by atoms with Crippen LogP contribution in [0.2, 0.25) is 0 Å². The number of rotatable bonds is 5. The van der Waals surface area contributed by atoms with Crippen molar-refractivity contribution in [1.29, 1.82) is 0 Å². The van der Waals surface area contributed by atoms with Gasteiger partial charge >= 0.3 is 0 Å². The molecule has 6 nitrogen and oxygen atoms in total. The van der Waals surface area contributed by atoms with E-state index in [0.29, 0.717) is 4.47 Å². The van der Waals surface area contributed by atoms with Gasteiger partial charge < -0.3 is 4.74 Å². The molecule has 0 heterocycles. The highest BCUT2D eigenvalue weighted by atomic mass is 79.9. The van der Waals surface area contributed by atoms with Crippen molar-refractivity contribution in [1.82, 2.24) is 0 Å². The fraction of sp³-hybridized carbons (Fsp3) is 0.500. The van der Waals surface area contributed by atoms with Crippen molar-refractivity contribution in [2.45, 2.75) is 30.4 Å². The summed E-state index contributed by atoms with van der Waals surface area (Å²) in [6.45, 7) is 4.64. The summed E-state index contributed by atoms with van der Waals surface area (Å²) in [7, 11) is -7.29. The third kappa shape index (κ3) is 4.94. The lowest BCUT2D eigenvalue weighted by Gasteiger charge is -2.19. The molecule has 0 unspecified atom stereocenters. The lowest BCUT2D eigenvalue weighted by molar-refractivity contribution is 0.331. The number of sulfonamides is 1. The predicted octanol–water partition coefficient (Wildman–Crippen LogP) is 1.69. The second kappa shape index (κ2) is 6.23. The van der Waals surface area contributed by atoms with Crippen LogP contribution in [-0.4, -0.2) is 33.9 Å². The second-order valence-electron chi connectivity index (χ2n) is 5.42. The molecule has 120 valence electrons. The van der Waals surface area contributed by atoms with E-state index in [-0.39, 0.29) is 23.0 Å². The Hall–Kier alpha value is -0.640. The van der Waals surface area contributed by atoms with E-state index in [4.69, 9.17) is 9.88 Å². The third-order valence-corrected chi connectivity index (χ3v) is 6.75. The number of halogens is 1. The molecule has 0 aliphatic rings. The molecule has 0 saturated heterocycles. The Morgan fingerprint density at radius 3 is 2.24 bits per heavy atom. The molecule has 2 N–H and O–H groups in total. The lowest BCUT2D eigenvalue weighted by Crippen LogP contribution is -2.32.